The van der Waals surface area contributed by atoms with Crippen LogP contribution in [0.3, 0.4) is 0 Å². The highest BCUT2D eigenvalue weighted by Crippen LogP contribution is 2.19. The lowest BCUT2D eigenvalue weighted by molar-refractivity contribution is 0.204. The standard InChI is InChI=1S/C27H56O/c1-3-5-7-9-11-13-14-15-16-17-19-21-23-25-27(26-28)24-22-20-18-12-10-8-6-4-2/h27-28H,3-26H2,1-2H3. The lowest BCUT2D eigenvalue weighted by Gasteiger charge is -2.13. The van der Waals surface area contributed by atoms with E-state index < -0.39 is 0 Å². The molecule has 0 aliphatic carbocycles. The van der Waals surface area contributed by atoms with Crippen LogP contribution in [0.2, 0.25) is 0 Å². The highest BCUT2D eigenvalue weighted by molar-refractivity contribution is 4.59. The molecule has 0 saturated heterocycles. The van der Waals surface area contributed by atoms with Gasteiger partial charge < -0.3 is 5.11 Å². The van der Waals surface area contributed by atoms with Crippen molar-refractivity contribution in [1.29, 1.82) is 0 Å². The lowest BCUT2D eigenvalue weighted by Crippen LogP contribution is -2.06. The maximum absolute atomic E-state index is 9.62. The van der Waals surface area contributed by atoms with Crippen LogP contribution < -0.4 is 0 Å². The topological polar surface area (TPSA) is 20.2 Å². The molecule has 0 bridgehead atoms. The molecule has 0 aliphatic heterocycles. The predicted octanol–water partition coefficient (Wildman–Crippen LogP) is 9.61. The molecular weight excluding hydrogens is 340 g/mol. The molecule has 1 heteroatoms. The van der Waals surface area contributed by atoms with Gasteiger partial charge in [0.25, 0.3) is 0 Å². The van der Waals surface area contributed by atoms with Gasteiger partial charge in [-0.2, -0.15) is 0 Å². The first-order valence-corrected chi connectivity index (χ1v) is 13.5. The van der Waals surface area contributed by atoms with Gasteiger partial charge in [-0.05, 0) is 18.8 Å². The second-order valence-electron chi connectivity index (χ2n) is 9.34. The molecule has 0 spiro atoms. The Labute approximate surface area is 179 Å². The first-order chi connectivity index (χ1) is 13.8. The molecular formula is C27H56O. The van der Waals surface area contributed by atoms with E-state index in [9.17, 15) is 5.11 Å². The zero-order valence-electron chi connectivity index (χ0n) is 20.0. The smallest absolute Gasteiger partial charge is 0.0459 e. The third-order valence-electron chi connectivity index (χ3n) is 6.44. The Morgan fingerprint density at radius 1 is 0.393 bits per heavy atom. The Kier molecular flexibility index (Phi) is 25.0. The van der Waals surface area contributed by atoms with E-state index in [4.69, 9.17) is 0 Å². The van der Waals surface area contributed by atoms with Crippen molar-refractivity contribution in [1.82, 2.24) is 0 Å². The zero-order chi connectivity index (χ0) is 20.5. The first kappa shape index (κ1) is 28.0. The van der Waals surface area contributed by atoms with Crippen molar-refractivity contribution in [2.75, 3.05) is 6.61 Å². The summed E-state index contributed by atoms with van der Waals surface area (Å²) in [6, 6.07) is 0. The summed E-state index contributed by atoms with van der Waals surface area (Å²) >= 11 is 0. The average Bonchev–Trinajstić information content (AvgIpc) is 2.71. The molecule has 0 heterocycles. The molecule has 28 heavy (non-hydrogen) atoms. The minimum Gasteiger partial charge on any atom is -0.396 e. The summed E-state index contributed by atoms with van der Waals surface area (Å²) in [5.41, 5.74) is 0. The minimum atomic E-state index is 0.411. The van der Waals surface area contributed by atoms with Crippen LogP contribution >= 0.6 is 0 Å². The van der Waals surface area contributed by atoms with Crippen LogP contribution in [0.25, 0.3) is 0 Å². The minimum absolute atomic E-state index is 0.411. The molecule has 1 N–H and O–H groups in total. The molecule has 0 rings (SSSR count). The quantitative estimate of drug-likeness (QED) is 0.161. The molecule has 170 valence electrons. The van der Waals surface area contributed by atoms with Gasteiger partial charge in [0.2, 0.25) is 0 Å². The summed E-state index contributed by atoms with van der Waals surface area (Å²) < 4.78 is 0. The molecule has 0 saturated carbocycles. The summed E-state index contributed by atoms with van der Waals surface area (Å²) in [4.78, 5) is 0. The van der Waals surface area contributed by atoms with Crippen LogP contribution in [-0.4, -0.2) is 11.7 Å². The van der Waals surface area contributed by atoms with Gasteiger partial charge >= 0.3 is 0 Å². The third kappa shape index (κ3) is 22.3. The molecule has 0 aromatic rings. The molecule has 0 fully saturated rings. The van der Waals surface area contributed by atoms with E-state index in [2.05, 4.69) is 13.8 Å². The Hall–Kier alpha value is -0.0400. The van der Waals surface area contributed by atoms with Crippen molar-refractivity contribution < 1.29 is 5.11 Å². The summed E-state index contributed by atoms with van der Waals surface area (Å²) in [5.74, 6) is 0.577. The molecule has 0 aliphatic rings. The fourth-order valence-electron chi connectivity index (χ4n) is 4.34. The molecule has 1 atom stereocenters. The van der Waals surface area contributed by atoms with Crippen molar-refractivity contribution in [3.05, 3.63) is 0 Å². The van der Waals surface area contributed by atoms with Crippen LogP contribution in [0.1, 0.15) is 162 Å². The average molecular weight is 397 g/mol. The Morgan fingerprint density at radius 2 is 0.643 bits per heavy atom. The van der Waals surface area contributed by atoms with E-state index in [0.717, 1.165) is 0 Å². The molecule has 1 unspecified atom stereocenters. The summed E-state index contributed by atoms with van der Waals surface area (Å²) in [6.45, 7) is 4.99. The largest absolute Gasteiger partial charge is 0.396 e. The van der Waals surface area contributed by atoms with Gasteiger partial charge in [-0.15, -0.1) is 0 Å². The Bertz CT molecular complexity index is 263. The second-order valence-corrected chi connectivity index (χ2v) is 9.34. The van der Waals surface area contributed by atoms with Crippen LogP contribution in [0.15, 0.2) is 0 Å². The van der Waals surface area contributed by atoms with Crippen LogP contribution in [0.5, 0.6) is 0 Å². The van der Waals surface area contributed by atoms with Gasteiger partial charge in [0, 0.05) is 6.61 Å². The van der Waals surface area contributed by atoms with Crippen LogP contribution in [0.4, 0.5) is 0 Å². The normalized spacial score (nSPS) is 12.5. The van der Waals surface area contributed by atoms with E-state index in [1.54, 1.807) is 0 Å². The number of aliphatic hydroxyl groups excluding tert-OH is 1. The third-order valence-corrected chi connectivity index (χ3v) is 6.44. The number of unbranched alkanes of at least 4 members (excludes halogenated alkanes) is 19. The van der Waals surface area contributed by atoms with Crippen molar-refractivity contribution in [2.45, 2.75) is 162 Å². The predicted molar refractivity (Wildman–Crippen MR) is 128 cm³/mol. The SMILES string of the molecule is CCCCCCCCCCCCCCCC(CO)CCCCCCCCCC. The Morgan fingerprint density at radius 3 is 0.893 bits per heavy atom. The van der Waals surface area contributed by atoms with Gasteiger partial charge in [0.15, 0.2) is 0 Å². The monoisotopic (exact) mass is 396 g/mol. The second kappa shape index (κ2) is 25.0. The fraction of sp³-hybridized carbons (Fsp3) is 1.00. The molecule has 0 radical (unpaired) electrons. The summed E-state index contributed by atoms with van der Waals surface area (Å²) in [5, 5.41) is 9.62. The molecule has 0 amide bonds. The van der Waals surface area contributed by atoms with Gasteiger partial charge in [-0.3, -0.25) is 0 Å². The van der Waals surface area contributed by atoms with Crippen molar-refractivity contribution in [3.8, 4) is 0 Å². The fourth-order valence-corrected chi connectivity index (χ4v) is 4.34. The van der Waals surface area contributed by atoms with Crippen molar-refractivity contribution >= 4 is 0 Å². The summed E-state index contributed by atoms with van der Waals surface area (Å²) in [6.07, 6.45) is 32.2. The Balaban J connectivity index is 3.25. The zero-order valence-corrected chi connectivity index (χ0v) is 20.0. The number of hydrogen-bond acceptors (Lipinski definition) is 1. The van der Waals surface area contributed by atoms with Gasteiger partial charge in [-0.25, -0.2) is 0 Å². The van der Waals surface area contributed by atoms with Gasteiger partial charge in [0.1, 0.15) is 0 Å². The molecule has 0 aromatic heterocycles. The molecule has 0 aromatic carbocycles. The van der Waals surface area contributed by atoms with E-state index in [-0.39, 0.29) is 0 Å². The van der Waals surface area contributed by atoms with E-state index in [1.165, 1.54) is 148 Å². The maximum atomic E-state index is 9.62. The highest BCUT2D eigenvalue weighted by Gasteiger charge is 2.07. The van der Waals surface area contributed by atoms with Crippen LogP contribution in [-0.2, 0) is 0 Å². The van der Waals surface area contributed by atoms with Crippen molar-refractivity contribution in [2.24, 2.45) is 5.92 Å². The number of rotatable bonds is 24. The van der Waals surface area contributed by atoms with E-state index in [1.807, 2.05) is 0 Å². The highest BCUT2D eigenvalue weighted by atomic mass is 16.3. The summed E-state index contributed by atoms with van der Waals surface area (Å²) in [7, 11) is 0. The number of hydrogen-bond donors (Lipinski definition) is 1. The first-order valence-electron chi connectivity index (χ1n) is 13.5. The van der Waals surface area contributed by atoms with Crippen LogP contribution in [0, 0.1) is 5.92 Å². The molecule has 1 nitrogen and oxygen atoms in total. The maximum Gasteiger partial charge on any atom is 0.0459 e. The number of aliphatic hydroxyl groups is 1. The lowest BCUT2D eigenvalue weighted by atomic mass is 9.94. The van der Waals surface area contributed by atoms with Gasteiger partial charge in [-0.1, -0.05) is 149 Å². The van der Waals surface area contributed by atoms with E-state index in [0.29, 0.717) is 12.5 Å². The van der Waals surface area contributed by atoms with Gasteiger partial charge in [0.05, 0.1) is 0 Å². The van der Waals surface area contributed by atoms with E-state index >= 15 is 0 Å². The van der Waals surface area contributed by atoms with Crippen molar-refractivity contribution in [3.63, 3.8) is 0 Å².